The van der Waals surface area contributed by atoms with Crippen molar-refractivity contribution in [2.24, 2.45) is 11.8 Å². The van der Waals surface area contributed by atoms with Crippen LogP contribution in [-0.4, -0.2) is 24.0 Å². The summed E-state index contributed by atoms with van der Waals surface area (Å²) in [4.78, 5) is 0. The van der Waals surface area contributed by atoms with Crippen LogP contribution >= 0.6 is 0 Å². The second-order valence-corrected chi connectivity index (χ2v) is 6.61. The standard InChI is InChI=1S/C12H22.C6H11N.C2H6.2H2O.H2/c1-3-7-11(8-4-1)12-9-5-2-6-10-12;1-2-4-6-7-5-3-1;1-2;;;/h11-12H,1-10H2;1,3,7H,2,4-6H2;1-2H3;2*1H2;1H. The van der Waals surface area contributed by atoms with Crippen LogP contribution < -0.4 is 5.32 Å². The van der Waals surface area contributed by atoms with Crippen LogP contribution in [0, 0.1) is 11.8 Å². The highest BCUT2D eigenvalue weighted by Crippen LogP contribution is 2.37. The molecule has 0 amide bonds. The van der Waals surface area contributed by atoms with E-state index in [1.165, 1.54) is 57.9 Å². The number of hydrogen-bond acceptors (Lipinski definition) is 1. The van der Waals surface area contributed by atoms with Gasteiger partial charge in [0.25, 0.3) is 0 Å². The molecular formula is C20H45NO2. The lowest BCUT2D eigenvalue weighted by atomic mass is 9.73. The van der Waals surface area contributed by atoms with Crippen molar-refractivity contribution in [3.05, 3.63) is 12.2 Å². The summed E-state index contributed by atoms with van der Waals surface area (Å²) >= 11 is 0. The molecule has 2 aliphatic carbocycles. The number of allylic oxidation sites excluding steroid dienone is 1. The molecule has 0 aromatic carbocycles. The molecule has 0 unspecified atom stereocenters. The van der Waals surface area contributed by atoms with E-state index in [4.69, 9.17) is 0 Å². The third-order valence-corrected chi connectivity index (χ3v) is 5.12. The van der Waals surface area contributed by atoms with Gasteiger partial charge >= 0.3 is 0 Å². The molecule has 0 aromatic rings. The Morgan fingerprint density at radius 2 is 1.17 bits per heavy atom. The van der Waals surface area contributed by atoms with E-state index in [1.54, 1.807) is 25.7 Å². The molecular weight excluding hydrogens is 286 g/mol. The highest BCUT2D eigenvalue weighted by atomic mass is 16.0. The van der Waals surface area contributed by atoms with Gasteiger partial charge in [0.1, 0.15) is 0 Å². The van der Waals surface area contributed by atoms with Crippen LogP contribution in [0.25, 0.3) is 0 Å². The van der Waals surface area contributed by atoms with Gasteiger partial charge in [-0.3, -0.25) is 0 Å². The van der Waals surface area contributed by atoms with E-state index >= 15 is 0 Å². The fourth-order valence-corrected chi connectivity index (χ4v) is 3.94. The van der Waals surface area contributed by atoms with E-state index in [0.717, 1.165) is 18.4 Å². The molecule has 3 rings (SSSR count). The van der Waals surface area contributed by atoms with Crippen LogP contribution in [0.15, 0.2) is 12.2 Å². The molecule has 3 aliphatic rings. The molecule has 3 heteroatoms. The molecule has 0 radical (unpaired) electrons. The first-order valence-electron chi connectivity index (χ1n) is 9.82. The van der Waals surface area contributed by atoms with Gasteiger partial charge in [0.15, 0.2) is 0 Å². The van der Waals surface area contributed by atoms with Crippen LogP contribution in [0.4, 0.5) is 0 Å². The maximum Gasteiger partial charge on any atom is 0.0134 e. The topological polar surface area (TPSA) is 75.0 Å². The van der Waals surface area contributed by atoms with Gasteiger partial charge < -0.3 is 16.3 Å². The van der Waals surface area contributed by atoms with Crippen LogP contribution in [0.3, 0.4) is 0 Å². The van der Waals surface area contributed by atoms with Gasteiger partial charge in [-0.2, -0.15) is 0 Å². The zero-order chi connectivity index (χ0) is 15.2. The monoisotopic (exact) mass is 331 g/mol. The van der Waals surface area contributed by atoms with Gasteiger partial charge in [0.2, 0.25) is 0 Å². The summed E-state index contributed by atoms with van der Waals surface area (Å²) in [6.07, 6.45) is 22.4. The molecule has 1 aliphatic heterocycles. The quantitative estimate of drug-likeness (QED) is 0.695. The van der Waals surface area contributed by atoms with Crippen molar-refractivity contribution in [3.8, 4) is 0 Å². The van der Waals surface area contributed by atoms with Crippen molar-refractivity contribution in [2.45, 2.75) is 90.9 Å². The Hall–Kier alpha value is -0.380. The summed E-state index contributed by atoms with van der Waals surface area (Å²) in [6, 6.07) is 0. The number of nitrogens with one attached hydrogen (secondary N) is 1. The largest absolute Gasteiger partial charge is 0.412 e. The zero-order valence-electron chi connectivity index (χ0n) is 15.7. The third-order valence-electron chi connectivity index (χ3n) is 5.12. The van der Waals surface area contributed by atoms with Crippen LogP contribution in [0.5, 0.6) is 0 Å². The Morgan fingerprint density at radius 1 is 0.696 bits per heavy atom. The van der Waals surface area contributed by atoms with Crippen molar-refractivity contribution in [2.75, 3.05) is 13.1 Å². The lowest BCUT2D eigenvalue weighted by Crippen LogP contribution is -2.20. The average molecular weight is 332 g/mol. The normalized spacial score (nSPS) is 22.0. The average Bonchev–Trinajstić information content (AvgIpc) is 2.92. The van der Waals surface area contributed by atoms with Crippen LogP contribution in [0.2, 0.25) is 0 Å². The van der Waals surface area contributed by atoms with E-state index in [9.17, 15) is 0 Å². The maximum absolute atomic E-state index is 3.26. The maximum atomic E-state index is 3.26. The van der Waals surface area contributed by atoms with Crippen LogP contribution in [-0.2, 0) is 0 Å². The minimum atomic E-state index is 0. The van der Waals surface area contributed by atoms with E-state index in [-0.39, 0.29) is 12.4 Å². The first kappa shape index (κ1) is 24.9. The Balaban J connectivity index is -0.000000324. The van der Waals surface area contributed by atoms with Gasteiger partial charge in [-0.15, -0.1) is 0 Å². The molecule has 0 spiro atoms. The molecule has 2 saturated carbocycles. The van der Waals surface area contributed by atoms with E-state index < -0.39 is 0 Å². The summed E-state index contributed by atoms with van der Waals surface area (Å²) in [5, 5.41) is 3.26. The van der Waals surface area contributed by atoms with Crippen molar-refractivity contribution in [1.29, 1.82) is 0 Å². The molecule has 1 heterocycles. The predicted octanol–water partition coefficient (Wildman–Crippen LogP) is 4.70. The van der Waals surface area contributed by atoms with Crippen molar-refractivity contribution in [1.82, 2.24) is 5.32 Å². The first-order chi connectivity index (χ1) is 10.5. The van der Waals surface area contributed by atoms with Crippen molar-refractivity contribution >= 4 is 0 Å². The van der Waals surface area contributed by atoms with Crippen molar-refractivity contribution < 1.29 is 12.4 Å². The number of rotatable bonds is 1. The SMILES string of the molecule is C1=CCNCCC1.C1CCC(C2CCCCC2)CC1.CC.O.O.[HH]. The summed E-state index contributed by atoms with van der Waals surface area (Å²) in [5.74, 6) is 2.28. The van der Waals surface area contributed by atoms with E-state index in [0.29, 0.717) is 0 Å². The van der Waals surface area contributed by atoms with E-state index in [1.807, 2.05) is 13.8 Å². The van der Waals surface area contributed by atoms with E-state index in [2.05, 4.69) is 17.5 Å². The minimum Gasteiger partial charge on any atom is -0.412 e. The first-order valence-corrected chi connectivity index (χ1v) is 9.82. The second kappa shape index (κ2) is 18.0. The Morgan fingerprint density at radius 3 is 1.65 bits per heavy atom. The van der Waals surface area contributed by atoms with Gasteiger partial charge in [-0.25, -0.2) is 0 Å². The molecule has 3 nitrogen and oxygen atoms in total. The molecule has 2 fully saturated rings. The lowest BCUT2D eigenvalue weighted by Gasteiger charge is -2.32. The zero-order valence-corrected chi connectivity index (χ0v) is 15.7. The Kier molecular flexibility index (Phi) is 19.4. The lowest BCUT2D eigenvalue weighted by molar-refractivity contribution is 0.196. The van der Waals surface area contributed by atoms with Gasteiger partial charge in [-0.1, -0.05) is 90.2 Å². The highest BCUT2D eigenvalue weighted by Gasteiger charge is 2.24. The molecule has 0 atom stereocenters. The highest BCUT2D eigenvalue weighted by molar-refractivity contribution is 4.86. The van der Waals surface area contributed by atoms with Gasteiger partial charge in [0, 0.05) is 7.97 Å². The molecule has 142 valence electrons. The Bertz CT molecular complexity index is 226. The summed E-state index contributed by atoms with van der Waals surface area (Å²) in [5.41, 5.74) is 0. The molecule has 0 bridgehead atoms. The molecule has 0 saturated heterocycles. The number of hydrogen-bond donors (Lipinski definition) is 1. The summed E-state index contributed by atoms with van der Waals surface area (Å²) < 4.78 is 0. The second-order valence-electron chi connectivity index (χ2n) is 6.61. The summed E-state index contributed by atoms with van der Waals surface area (Å²) in [7, 11) is 0. The molecule has 5 N–H and O–H groups in total. The molecule has 0 aromatic heterocycles. The fourth-order valence-electron chi connectivity index (χ4n) is 3.94. The van der Waals surface area contributed by atoms with Gasteiger partial charge in [-0.05, 0) is 31.2 Å². The fraction of sp³-hybridized carbons (Fsp3) is 0.900. The Labute approximate surface area is 146 Å². The molecule has 23 heavy (non-hydrogen) atoms. The predicted molar refractivity (Wildman–Crippen MR) is 105 cm³/mol. The smallest absolute Gasteiger partial charge is 0.0134 e. The summed E-state index contributed by atoms with van der Waals surface area (Å²) in [6.45, 7) is 6.26. The van der Waals surface area contributed by atoms with Crippen molar-refractivity contribution in [3.63, 3.8) is 0 Å². The van der Waals surface area contributed by atoms with Gasteiger partial charge in [0.05, 0.1) is 0 Å². The third kappa shape index (κ3) is 11.7. The minimum absolute atomic E-state index is 0. The van der Waals surface area contributed by atoms with Crippen LogP contribution in [0.1, 0.15) is 92.3 Å².